The highest BCUT2D eigenvalue weighted by Crippen LogP contribution is 2.63. The monoisotopic (exact) mass is 1180 g/mol. The molecule has 3 aromatic heterocycles. The van der Waals surface area contributed by atoms with Crippen molar-refractivity contribution in [2.45, 2.75) is 5.41 Å². The van der Waals surface area contributed by atoms with Crippen molar-refractivity contribution in [3.63, 3.8) is 0 Å². The number of para-hydroxylation sites is 2. The Bertz CT molecular complexity index is 5760. The predicted molar refractivity (Wildman–Crippen MR) is 381 cm³/mol. The number of rotatable bonds is 9. The molecule has 3 heterocycles. The SMILES string of the molecule is c1ccc(-c2cc(-c3ccccc3)cc(-c3nc(-c4cccc(-c5cccc6c5oc5ccccc56)c4)nc(-c4cccc(-c5cccc6c5c5cc(-c7ccccc7)ccc5n6-c5ccc6c(c5)C5(c7ccccc7-c7ccccc75)c5ccccc5-6)c4)n3)c2)cc1. The van der Waals surface area contributed by atoms with Gasteiger partial charge in [0.25, 0.3) is 0 Å². The summed E-state index contributed by atoms with van der Waals surface area (Å²) in [7, 11) is 0. The van der Waals surface area contributed by atoms with E-state index >= 15 is 0 Å². The quantitative estimate of drug-likeness (QED) is 0.145. The molecule has 0 unspecified atom stereocenters. The van der Waals surface area contributed by atoms with Crippen molar-refractivity contribution >= 4 is 43.7 Å². The molecule has 19 rings (SSSR count). The molecule has 0 radical (unpaired) electrons. The van der Waals surface area contributed by atoms with Crippen LogP contribution in [0.3, 0.4) is 0 Å². The van der Waals surface area contributed by atoms with Crippen LogP contribution in [0, 0.1) is 0 Å². The lowest BCUT2D eigenvalue weighted by molar-refractivity contribution is 0.670. The standard InChI is InChI=1S/C88H54N4O/c1-4-22-55(23-5-1)58-44-47-80-75(53-58)83-67(36-21-42-81(83)92(80)66-45-46-72-71-34-12-16-41-78(71)88(79(72)54-66)76-39-14-10-32-69(76)70-33-11-15-40-77(70)88)59-28-18-30-61(48-59)85-89-86(62-31-19-29-60(49-62)68-37-20-38-74-73-35-13-17-43-82(73)93-84(68)74)91-87(90-85)65-51-63(56-24-6-2-7-25-56)50-64(52-65)57-26-8-3-9-27-57/h1-54H. The smallest absolute Gasteiger partial charge is 0.164 e. The zero-order chi connectivity index (χ0) is 61.1. The van der Waals surface area contributed by atoms with Crippen LogP contribution in [0.4, 0.5) is 0 Å². The van der Waals surface area contributed by atoms with Gasteiger partial charge in [-0.3, -0.25) is 0 Å². The first-order chi connectivity index (χ1) is 46.1. The highest BCUT2D eigenvalue weighted by molar-refractivity contribution is 6.17. The highest BCUT2D eigenvalue weighted by Gasteiger charge is 2.51. The van der Waals surface area contributed by atoms with Gasteiger partial charge in [0.1, 0.15) is 11.2 Å². The second-order valence-electron chi connectivity index (χ2n) is 24.5. The first-order valence-corrected chi connectivity index (χ1v) is 31.8. The fourth-order valence-electron chi connectivity index (χ4n) is 15.4. The first-order valence-electron chi connectivity index (χ1n) is 31.8. The van der Waals surface area contributed by atoms with E-state index in [9.17, 15) is 0 Å². The van der Waals surface area contributed by atoms with Crippen LogP contribution in [0.5, 0.6) is 0 Å². The minimum Gasteiger partial charge on any atom is -0.455 e. The molecule has 5 heteroatoms. The second kappa shape index (κ2) is 20.9. The number of hydrogen-bond acceptors (Lipinski definition) is 4. The van der Waals surface area contributed by atoms with E-state index in [4.69, 9.17) is 19.4 Å². The van der Waals surface area contributed by atoms with Gasteiger partial charge in [-0.25, -0.2) is 15.0 Å². The van der Waals surface area contributed by atoms with Crippen LogP contribution in [-0.4, -0.2) is 19.5 Å². The van der Waals surface area contributed by atoms with Gasteiger partial charge >= 0.3 is 0 Å². The van der Waals surface area contributed by atoms with Crippen LogP contribution in [0.25, 0.3) is 161 Å². The molecular weight excluding hydrogens is 1130 g/mol. The van der Waals surface area contributed by atoms with Crippen molar-refractivity contribution in [3.8, 4) is 118 Å². The van der Waals surface area contributed by atoms with Gasteiger partial charge in [-0.2, -0.15) is 0 Å². The Hall–Kier alpha value is -12.3. The molecule has 2 aliphatic carbocycles. The Morgan fingerprint density at radius 3 is 1.31 bits per heavy atom. The number of benzene rings is 14. The summed E-state index contributed by atoms with van der Waals surface area (Å²) in [5.74, 6) is 1.70. The van der Waals surface area contributed by atoms with Gasteiger partial charge < -0.3 is 8.98 Å². The summed E-state index contributed by atoms with van der Waals surface area (Å²) in [5.41, 5.74) is 28.4. The molecule has 2 aliphatic rings. The van der Waals surface area contributed by atoms with E-state index in [1.165, 1.54) is 50.1 Å². The van der Waals surface area contributed by atoms with E-state index in [1.54, 1.807) is 0 Å². The second-order valence-corrected chi connectivity index (χ2v) is 24.5. The van der Waals surface area contributed by atoms with Crippen molar-refractivity contribution < 1.29 is 4.42 Å². The summed E-state index contributed by atoms with van der Waals surface area (Å²) in [5, 5.41) is 4.49. The summed E-state index contributed by atoms with van der Waals surface area (Å²) in [6.07, 6.45) is 0. The molecule has 0 saturated carbocycles. The van der Waals surface area contributed by atoms with E-state index < -0.39 is 5.41 Å². The summed E-state index contributed by atoms with van der Waals surface area (Å²) >= 11 is 0. The van der Waals surface area contributed by atoms with E-state index in [1.807, 2.05) is 12.1 Å². The summed E-state index contributed by atoms with van der Waals surface area (Å²) in [6.45, 7) is 0. The van der Waals surface area contributed by atoms with Crippen LogP contribution in [0.1, 0.15) is 22.3 Å². The lowest BCUT2D eigenvalue weighted by Crippen LogP contribution is -2.26. The number of hydrogen-bond donors (Lipinski definition) is 0. The third-order valence-electron chi connectivity index (χ3n) is 19.4. The number of fused-ring (bicyclic) bond motifs is 16. The zero-order valence-corrected chi connectivity index (χ0v) is 50.4. The fraction of sp³-hybridized carbons (Fsp3) is 0.0114. The molecule has 93 heavy (non-hydrogen) atoms. The molecule has 0 amide bonds. The highest BCUT2D eigenvalue weighted by atomic mass is 16.3. The molecule has 0 N–H and O–H groups in total. The van der Waals surface area contributed by atoms with Crippen LogP contribution in [-0.2, 0) is 5.41 Å². The first kappa shape index (κ1) is 52.6. The van der Waals surface area contributed by atoms with Crippen LogP contribution in [0.15, 0.2) is 332 Å². The summed E-state index contributed by atoms with van der Waals surface area (Å²) < 4.78 is 9.10. The zero-order valence-electron chi connectivity index (χ0n) is 50.4. The molecule has 0 saturated heterocycles. The van der Waals surface area contributed by atoms with Gasteiger partial charge in [-0.15, -0.1) is 0 Å². The molecule has 5 nitrogen and oxygen atoms in total. The van der Waals surface area contributed by atoms with Gasteiger partial charge in [0, 0.05) is 49.5 Å². The van der Waals surface area contributed by atoms with Gasteiger partial charge in [-0.1, -0.05) is 261 Å². The average Bonchev–Trinajstić information content (AvgIpc) is 1.51. The molecule has 17 aromatic rings. The molecular formula is C88H54N4O. The maximum absolute atomic E-state index is 6.60. The Labute approximate surface area is 537 Å². The van der Waals surface area contributed by atoms with Gasteiger partial charge in [0.05, 0.1) is 16.4 Å². The molecule has 432 valence electrons. The minimum absolute atomic E-state index is 0.490. The number of aromatic nitrogens is 4. The average molecular weight is 1180 g/mol. The maximum Gasteiger partial charge on any atom is 0.164 e. The molecule has 0 fully saturated rings. The van der Waals surface area contributed by atoms with Crippen molar-refractivity contribution in [2.24, 2.45) is 0 Å². The third-order valence-corrected chi connectivity index (χ3v) is 19.4. The Balaban J connectivity index is 0.808. The van der Waals surface area contributed by atoms with E-state index in [0.717, 1.165) is 116 Å². The van der Waals surface area contributed by atoms with E-state index in [2.05, 4.69) is 320 Å². The minimum atomic E-state index is -0.490. The lowest BCUT2D eigenvalue weighted by Gasteiger charge is -2.30. The van der Waals surface area contributed by atoms with Crippen molar-refractivity contribution in [1.82, 2.24) is 19.5 Å². The number of furan rings is 1. The summed E-state index contributed by atoms with van der Waals surface area (Å²) in [4.78, 5) is 16.4. The third kappa shape index (κ3) is 8.23. The molecule has 0 aliphatic heterocycles. The maximum atomic E-state index is 6.60. The van der Waals surface area contributed by atoms with Crippen molar-refractivity contribution in [1.29, 1.82) is 0 Å². The lowest BCUT2D eigenvalue weighted by atomic mass is 9.70. The molecule has 1 spiro atoms. The van der Waals surface area contributed by atoms with E-state index in [0.29, 0.717) is 17.5 Å². The van der Waals surface area contributed by atoms with Crippen molar-refractivity contribution in [3.05, 3.63) is 350 Å². The Morgan fingerprint density at radius 1 is 0.247 bits per heavy atom. The van der Waals surface area contributed by atoms with E-state index in [-0.39, 0.29) is 0 Å². The van der Waals surface area contributed by atoms with Crippen LogP contribution in [0.2, 0.25) is 0 Å². The largest absolute Gasteiger partial charge is 0.455 e. The van der Waals surface area contributed by atoms with Crippen LogP contribution < -0.4 is 0 Å². The summed E-state index contributed by atoms with van der Waals surface area (Å²) in [6, 6.07) is 119. The Kier molecular flexibility index (Phi) is 11.8. The van der Waals surface area contributed by atoms with Gasteiger partial charge in [-0.05, 0) is 161 Å². The normalized spacial score (nSPS) is 12.6. The number of nitrogens with zero attached hydrogens (tertiary/aromatic N) is 4. The predicted octanol–water partition coefficient (Wildman–Crippen LogP) is 22.5. The fourth-order valence-corrected chi connectivity index (χ4v) is 15.4. The molecule has 0 atom stereocenters. The van der Waals surface area contributed by atoms with Gasteiger partial charge in [0.2, 0.25) is 0 Å². The van der Waals surface area contributed by atoms with Crippen LogP contribution >= 0.6 is 0 Å². The van der Waals surface area contributed by atoms with Crippen molar-refractivity contribution in [2.75, 3.05) is 0 Å². The Morgan fingerprint density at radius 2 is 0.688 bits per heavy atom. The molecule has 0 bridgehead atoms. The topological polar surface area (TPSA) is 56.7 Å². The molecule has 14 aromatic carbocycles. The van der Waals surface area contributed by atoms with Gasteiger partial charge in [0.15, 0.2) is 17.5 Å².